The van der Waals surface area contributed by atoms with Gasteiger partial charge < -0.3 is 19.5 Å². The van der Waals surface area contributed by atoms with Crippen molar-refractivity contribution in [3.63, 3.8) is 0 Å². The lowest BCUT2D eigenvalue weighted by Crippen LogP contribution is -2.69. The van der Waals surface area contributed by atoms with Gasteiger partial charge in [-0.05, 0) is 24.8 Å². The number of nitrogens with zero attached hydrogens (tertiary/aromatic N) is 3. The molecule has 0 bridgehead atoms. The molecule has 1 aliphatic rings. The number of hydrogen-bond acceptors (Lipinski definition) is 6. The summed E-state index contributed by atoms with van der Waals surface area (Å²) in [6, 6.07) is -0.470. The molecule has 1 fully saturated rings. The van der Waals surface area contributed by atoms with E-state index in [2.05, 4.69) is 9.79 Å². The van der Waals surface area contributed by atoms with Crippen LogP contribution in [0.1, 0.15) is 32.6 Å². The highest BCUT2D eigenvalue weighted by atomic mass is 16.6. The highest BCUT2D eigenvalue weighted by Gasteiger charge is 2.40. The van der Waals surface area contributed by atoms with E-state index in [0.29, 0.717) is 12.8 Å². The first-order valence-electron chi connectivity index (χ1n) is 6.33. The van der Waals surface area contributed by atoms with Crippen LogP contribution in [0.4, 0.5) is 4.79 Å². The Morgan fingerprint density at radius 3 is 3.00 bits per heavy atom. The highest BCUT2D eigenvalue weighted by Crippen LogP contribution is 2.21. The molecule has 0 aromatic carbocycles. The summed E-state index contributed by atoms with van der Waals surface area (Å²) in [6.07, 6.45) is 2.73. The Kier molecular flexibility index (Phi) is 4.20. The summed E-state index contributed by atoms with van der Waals surface area (Å²) in [7, 11) is 0. The van der Waals surface area contributed by atoms with Gasteiger partial charge in [-0.2, -0.15) is 0 Å². The average Bonchev–Trinajstić information content (AvgIpc) is 2.79. The van der Waals surface area contributed by atoms with Crippen molar-refractivity contribution < 1.29 is 29.1 Å². The van der Waals surface area contributed by atoms with E-state index in [1.807, 2.05) is 0 Å². The molecule has 0 spiro atoms. The number of rotatable bonds is 3. The van der Waals surface area contributed by atoms with Crippen molar-refractivity contribution in [2.45, 2.75) is 44.8 Å². The minimum atomic E-state index is -0.669. The molecule has 0 aliphatic heterocycles. The Labute approximate surface area is 110 Å². The molecule has 2 rings (SSSR count). The quantitative estimate of drug-likeness (QED) is 0.739. The summed E-state index contributed by atoms with van der Waals surface area (Å²) in [5.74, 6) is -0.667. The summed E-state index contributed by atoms with van der Waals surface area (Å²) in [5, 5.41) is 25.7. The number of aromatic nitrogens is 2. The molecule has 1 aliphatic carbocycles. The summed E-state index contributed by atoms with van der Waals surface area (Å²) >= 11 is 0. The number of amides is 1. The minimum absolute atomic E-state index is 0.195. The monoisotopic (exact) mass is 271 g/mol. The first kappa shape index (κ1) is 13.6. The predicted octanol–water partition coefficient (Wildman–Crippen LogP) is -0.566. The van der Waals surface area contributed by atoms with E-state index in [1.54, 1.807) is 6.92 Å². The molecule has 2 unspecified atom stereocenters. The topological polar surface area (TPSA) is 103 Å². The highest BCUT2D eigenvalue weighted by molar-refractivity contribution is 5.77. The molecule has 1 amide bonds. The lowest BCUT2D eigenvalue weighted by Gasteiger charge is -2.30. The standard InChI is InChI=1S/C11H17N3O5/c1-2-18-11(17)14(13-7-10(16)19-12-13)8-5-3-4-6-9(8)15/h7-9,15H,2-6H2,1H3. The molecule has 0 radical (unpaired) electrons. The number of aliphatic hydroxyl groups excluding tert-OH is 1. The maximum absolute atomic E-state index is 12.0. The molecule has 1 N–H and O–H groups in total. The zero-order valence-corrected chi connectivity index (χ0v) is 10.7. The molecule has 1 heterocycles. The van der Waals surface area contributed by atoms with Crippen LogP contribution in [-0.4, -0.2) is 35.2 Å². The molecule has 19 heavy (non-hydrogen) atoms. The Balaban J connectivity index is 2.25. The van der Waals surface area contributed by atoms with Gasteiger partial charge >= 0.3 is 6.09 Å². The van der Waals surface area contributed by atoms with Crippen LogP contribution in [0.2, 0.25) is 0 Å². The third-order valence-corrected chi connectivity index (χ3v) is 3.12. The molecule has 1 saturated carbocycles. The average molecular weight is 271 g/mol. The lowest BCUT2D eigenvalue weighted by atomic mass is 9.92. The van der Waals surface area contributed by atoms with Gasteiger partial charge in [0.05, 0.1) is 17.5 Å². The predicted molar refractivity (Wildman–Crippen MR) is 59.6 cm³/mol. The van der Waals surface area contributed by atoms with Gasteiger partial charge in [0.2, 0.25) is 0 Å². The third-order valence-electron chi connectivity index (χ3n) is 3.12. The van der Waals surface area contributed by atoms with Crippen molar-refractivity contribution in [3.8, 4) is 5.95 Å². The van der Waals surface area contributed by atoms with Crippen LogP contribution in [-0.2, 0) is 4.74 Å². The normalized spacial score (nSPS) is 23.1. The van der Waals surface area contributed by atoms with Gasteiger partial charge in [0, 0.05) is 0 Å². The number of hydrogen-bond donors (Lipinski definition) is 1. The molecule has 1 aromatic heterocycles. The summed E-state index contributed by atoms with van der Waals surface area (Å²) in [6.45, 7) is 1.88. The van der Waals surface area contributed by atoms with Gasteiger partial charge in [-0.1, -0.05) is 12.8 Å². The van der Waals surface area contributed by atoms with E-state index in [0.717, 1.165) is 28.8 Å². The second-order valence-electron chi connectivity index (χ2n) is 4.40. The van der Waals surface area contributed by atoms with Crippen LogP contribution >= 0.6 is 0 Å². The Morgan fingerprint density at radius 1 is 1.68 bits per heavy atom. The van der Waals surface area contributed by atoms with Gasteiger partial charge in [-0.3, -0.25) is 0 Å². The van der Waals surface area contributed by atoms with Gasteiger partial charge in [-0.15, -0.1) is 0 Å². The molecular weight excluding hydrogens is 254 g/mol. The maximum Gasteiger partial charge on any atom is 0.466 e. The van der Waals surface area contributed by atoms with Crippen molar-refractivity contribution in [1.29, 1.82) is 0 Å². The Morgan fingerprint density at radius 2 is 2.42 bits per heavy atom. The van der Waals surface area contributed by atoms with Crippen LogP contribution < -0.4 is 14.9 Å². The fraction of sp³-hybridized carbons (Fsp3) is 0.727. The first-order chi connectivity index (χ1) is 9.13. The number of aliphatic hydroxyl groups is 1. The van der Waals surface area contributed by atoms with Crippen LogP contribution in [0.15, 0.2) is 10.7 Å². The third kappa shape index (κ3) is 2.95. The van der Waals surface area contributed by atoms with Crippen LogP contribution in [0.5, 0.6) is 5.95 Å². The van der Waals surface area contributed by atoms with E-state index in [9.17, 15) is 15.0 Å². The van der Waals surface area contributed by atoms with Gasteiger partial charge in [0.15, 0.2) is 5.95 Å². The van der Waals surface area contributed by atoms with E-state index >= 15 is 0 Å². The smallest absolute Gasteiger partial charge is 0.466 e. The van der Waals surface area contributed by atoms with E-state index in [-0.39, 0.29) is 6.61 Å². The number of ether oxygens (including phenoxy) is 1. The van der Waals surface area contributed by atoms with Crippen LogP contribution in [0, 0.1) is 0 Å². The Hall–Kier alpha value is -1.83. The summed E-state index contributed by atoms with van der Waals surface area (Å²) in [5.41, 5.74) is 0. The SMILES string of the molecule is CCOC(=O)N(C1CCCCC1O)[n+]1cc([O-])on1. The Bertz CT molecular complexity index is 436. The molecule has 0 saturated heterocycles. The molecule has 8 heteroatoms. The lowest BCUT2D eigenvalue weighted by molar-refractivity contribution is -0.754. The number of carbonyl (C=O) groups is 1. The zero-order chi connectivity index (χ0) is 13.8. The molecular formula is C11H17N3O5. The molecule has 1 aromatic rings. The van der Waals surface area contributed by atoms with Crippen LogP contribution in [0.25, 0.3) is 0 Å². The first-order valence-corrected chi connectivity index (χ1v) is 6.33. The van der Waals surface area contributed by atoms with Gasteiger partial charge in [-0.25, -0.2) is 4.79 Å². The fourth-order valence-corrected chi connectivity index (χ4v) is 2.26. The van der Waals surface area contributed by atoms with Crippen molar-refractivity contribution in [1.82, 2.24) is 5.27 Å². The van der Waals surface area contributed by atoms with E-state index in [1.165, 1.54) is 0 Å². The second kappa shape index (κ2) is 5.87. The van der Waals surface area contributed by atoms with Gasteiger partial charge in [0.25, 0.3) is 6.20 Å². The van der Waals surface area contributed by atoms with Crippen molar-refractivity contribution in [3.05, 3.63) is 6.20 Å². The molecule has 2 atom stereocenters. The van der Waals surface area contributed by atoms with Crippen LogP contribution in [0.3, 0.4) is 0 Å². The summed E-state index contributed by atoms with van der Waals surface area (Å²) < 4.78 is 9.37. The summed E-state index contributed by atoms with van der Waals surface area (Å²) in [4.78, 5) is 13.0. The van der Waals surface area contributed by atoms with Crippen molar-refractivity contribution in [2.24, 2.45) is 0 Å². The van der Waals surface area contributed by atoms with Gasteiger partial charge in [0.1, 0.15) is 11.3 Å². The van der Waals surface area contributed by atoms with Crippen molar-refractivity contribution >= 4 is 6.09 Å². The fourth-order valence-electron chi connectivity index (χ4n) is 2.26. The zero-order valence-electron chi connectivity index (χ0n) is 10.7. The van der Waals surface area contributed by atoms with E-state index < -0.39 is 24.2 Å². The molecule has 8 nitrogen and oxygen atoms in total. The second-order valence-corrected chi connectivity index (χ2v) is 4.40. The largest absolute Gasteiger partial charge is 0.539 e. The minimum Gasteiger partial charge on any atom is -0.539 e. The maximum atomic E-state index is 12.0. The number of carbonyl (C=O) groups excluding carboxylic acids is 1. The molecule has 106 valence electrons. The van der Waals surface area contributed by atoms with E-state index in [4.69, 9.17) is 4.74 Å². The van der Waals surface area contributed by atoms with Crippen molar-refractivity contribution in [2.75, 3.05) is 11.6 Å².